The van der Waals surface area contributed by atoms with E-state index in [1.54, 1.807) is 18.3 Å². The Kier molecular flexibility index (Phi) is 5.61. The first-order valence-corrected chi connectivity index (χ1v) is 9.80. The van der Waals surface area contributed by atoms with Crippen LogP contribution in [0.5, 0.6) is 0 Å². The summed E-state index contributed by atoms with van der Waals surface area (Å²) >= 11 is 5.84. The van der Waals surface area contributed by atoms with E-state index < -0.39 is 11.9 Å². The van der Waals surface area contributed by atoms with Crippen LogP contribution in [0.25, 0.3) is 16.6 Å². The van der Waals surface area contributed by atoms with Gasteiger partial charge in [0.05, 0.1) is 11.0 Å². The number of pyridine rings is 3. The molecule has 3 aromatic heterocycles. The molecule has 0 saturated carbocycles. The van der Waals surface area contributed by atoms with Gasteiger partial charge in [-0.2, -0.15) is 4.39 Å². The van der Waals surface area contributed by atoms with Crippen molar-refractivity contribution in [1.82, 2.24) is 25.2 Å². The van der Waals surface area contributed by atoms with Crippen LogP contribution in [0.3, 0.4) is 0 Å². The normalized spacial score (nSPS) is 14.6. The molecule has 1 amide bonds. The Balaban J connectivity index is 1.47. The summed E-state index contributed by atoms with van der Waals surface area (Å²) < 4.78 is 14.4. The molecule has 4 heterocycles. The number of hydrogen-bond acceptors (Lipinski definition) is 5. The molecule has 0 radical (unpaired) electrons. The molecule has 0 aromatic carbocycles. The fourth-order valence-electron chi connectivity index (χ4n) is 3.47. The van der Waals surface area contributed by atoms with E-state index in [0.717, 1.165) is 17.7 Å². The quantitative estimate of drug-likeness (QED) is 0.625. The molecule has 154 valence electrons. The van der Waals surface area contributed by atoms with Crippen molar-refractivity contribution in [2.45, 2.75) is 13.0 Å². The molecular weight excluding hydrogens is 409 g/mol. The summed E-state index contributed by atoms with van der Waals surface area (Å²) in [5.41, 5.74) is 3.23. The van der Waals surface area contributed by atoms with Crippen molar-refractivity contribution in [3.8, 4) is 0 Å². The first-order valence-electron chi connectivity index (χ1n) is 9.42. The maximum absolute atomic E-state index is 14.4. The van der Waals surface area contributed by atoms with Crippen LogP contribution in [0.2, 0.25) is 5.02 Å². The van der Waals surface area contributed by atoms with Gasteiger partial charge in [-0.3, -0.25) is 19.5 Å². The monoisotopic (exact) mass is 427 g/mol. The van der Waals surface area contributed by atoms with Gasteiger partial charge in [-0.25, -0.2) is 4.98 Å². The first kappa shape index (κ1) is 20.2. The van der Waals surface area contributed by atoms with E-state index in [4.69, 9.17) is 11.6 Å². The van der Waals surface area contributed by atoms with Crippen LogP contribution in [0.4, 0.5) is 4.39 Å². The van der Waals surface area contributed by atoms with Crippen molar-refractivity contribution < 1.29 is 9.18 Å². The Bertz CT molecular complexity index is 1220. The van der Waals surface area contributed by atoms with Crippen molar-refractivity contribution in [2.75, 3.05) is 20.1 Å². The SMILES string of the molecule is CNC(=O)c1ccc(C2=CCN(Cc3cnc4cc(Cl)c(=O)[nH]c4c3)CC2)c(F)n1. The van der Waals surface area contributed by atoms with Crippen LogP contribution in [-0.2, 0) is 6.54 Å². The number of nitrogens with one attached hydrogen (secondary N) is 2. The van der Waals surface area contributed by atoms with Crippen molar-refractivity contribution in [2.24, 2.45) is 0 Å². The van der Waals surface area contributed by atoms with Gasteiger partial charge in [-0.1, -0.05) is 17.7 Å². The number of amides is 1. The lowest BCUT2D eigenvalue weighted by Gasteiger charge is -2.26. The average molecular weight is 428 g/mol. The zero-order chi connectivity index (χ0) is 21.3. The second-order valence-electron chi connectivity index (χ2n) is 7.05. The van der Waals surface area contributed by atoms with E-state index in [1.807, 2.05) is 12.1 Å². The highest BCUT2D eigenvalue weighted by atomic mass is 35.5. The molecule has 0 aliphatic carbocycles. The molecule has 0 bridgehead atoms. The highest BCUT2D eigenvalue weighted by molar-refractivity contribution is 6.30. The van der Waals surface area contributed by atoms with Crippen molar-refractivity contribution in [3.05, 3.63) is 74.7 Å². The third-order valence-corrected chi connectivity index (χ3v) is 5.34. The number of halogens is 2. The lowest BCUT2D eigenvalue weighted by atomic mass is 10.00. The Labute approximate surface area is 176 Å². The van der Waals surface area contributed by atoms with Gasteiger partial charge in [0.1, 0.15) is 10.7 Å². The molecule has 0 unspecified atom stereocenters. The van der Waals surface area contributed by atoms with E-state index in [2.05, 4.69) is 25.2 Å². The Morgan fingerprint density at radius 3 is 2.90 bits per heavy atom. The van der Waals surface area contributed by atoms with Crippen LogP contribution >= 0.6 is 11.6 Å². The fraction of sp³-hybridized carbons (Fsp3) is 0.238. The molecule has 0 saturated heterocycles. The molecule has 1 aliphatic rings. The van der Waals surface area contributed by atoms with Gasteiger partial charge in [0, 0.05) is 38.4 Å². The third-order valence-electron chi connectivity index (χ3n) is 5.06. The lowest BCUT2D eigenvalue weighted by Crippen LogP contribution is -2.28. The molecule has 7 nitrogen and oxygen atoms in total. The molecule has 2 N–H and O–H groups in total. The summed E-state index contributed by atoms with van der Waals surface area (Å²) in [6, 6.07) is 6.56. The zero-order valence-corrected chi connectivity index (χ0v) is 17.0. The number of aromatic amines is 1. The largest absolute Gasteiger partial charge is 0.354 e. The van der Waals surface area contributed by atoms with Gasteiger partial charge in [-0.15, -0.1) is 0 Å². The molecule has 0 atom stereocenters. The minimum absolute atomic E-state index is 0.0555. The minimum atomic E-state index is -0.642. The van der Waals surface area contributed by atoms with Crippen LogP contribution in [0, 0.1) is 5.95 Å². The first-order chi connectivity index (χ1) is 14.4. The van der Waals surface area contributed by atoms with Crippen LogP contribution in [0.15, 0.2) is 41.3 Å². The topological polar surface area (TPSA) is 91.0 Å². The average Bonchev–Trinajstić information content (AvgIpc) is 2.75. The summed E-state index contributed by atoms with van der Waals surface area (Å²) in [5, 5.41) is 2.55. The van der Waals surface area contributed by atoms with Gasteiger partial charge < -0.3 is 10.3 Å². The maximum Gasteiger partial charge on any atom is 0.269 e. The van der Waals surface area contributed by atoms with E-state index in [1.165, 1.54) is 13.1 Å². The predicted octanol–water partition coefficient (Wildman–Crippen LogP) is 2.76. The zero-order valence-electron chi connectivity index (χ0n) is 16.2. The van der Waals surface area contributed by atoms with Crippen LogP contribution in [-0.4, -0.2) is 45.9 Å². The summed E-state index contributed by atoms with van der Waals surface area (Å²) in [7, 11) is 1.48. The predicted molar refractivity (Wildman–Crippen MR) is 113 cm³/mol. The number of fused-ring (bicyclic) bond motifs is 1. The van der Waals surface area contributed by atoms with Gasteiger partial charge in [0.15, 0.2) is 0 Å². The van der Waals surface area contributed by atoms with Crippen LogP contribution in [0.1, 0.15) is 28.0 Å². The van der Waals surface area contributed by atoms with Gasteiger partial charge in [-0.05, 0) is 41.8 Å². The van der Waals surface area contributed by atoms with E-state index in [0.29, 0.717) is 36.1 Å². The summed E-state index contributed by atoms with van der Waals surface area (Å²) in [5.74, 6) is -1.06. The van der Waals surface area contributed by atoms with Crippen molar-refractivity contribution in [3.63, 3.8) is 0 Å². The molecule has 4 rings (SSSR count). The maximum atomic E-state index is 14.4. The second kappa shape index (κ2) is 8.33. The smallest absolute Gasteiger partial charge is 0.269 e. The molecule has 0 fully saturated rings. The molecule has 1 aliphatic heterocycles. The van der Waals surface area contributed by atoms with Crippen molar-refractivity contribution >= 4 is 34.1 Å². The van der Waals surface area contributed by atoms with E-state index >= 15 is 0 Å². The molecule has 0 spiro atoms. The minimum Gasteiger partial charge on any atom is -0.354 e. The highest BCUT2D eigenvalue weighted by Crippen LogP contribution is 2.25. The van der Waals surface area contributed by atoms with E-state index in [-0.39, 0.29) is 16.3 Å². The van der Waals surface area contributed by atoms with Gasteiger partial charge in [0.25, 0.3) is 11.5 Å². The Morgan fingerprint density at radius 2 is 2.20 bits per heavy atom. The van der Waals surface area contributed by atoms with Gasteiger partial charge in [0.2, 0.25) is 5.95 Å². The highest BCUT2D eigenvalue weighted by Gasteiger charge is 2.18. The summed E-state index contributed by atoms with van der Waals surface area (Å²) in [6.45, 7) is 2.02. The van der Waals surface area contributed by atoms with Crippen LogP contribution < -0.4 is 10.9 Å². The third kappa shape index (κ3) is 4.10. The number of rotatable bonds is 4. The van der Waals surface area contributed by atoms with E-state index in [9.17, 15) is 14.0 Å². The number of carbonyl (C=O) groups is 1. The molecule has 9 heteroatoms. The Morgan fingerprint density at radius 1 is 1.37 bits per heavy atom. The summed E-state index contributed by atoms with van der Waals surface area (Å²) in [6.07, 6.45) is 4.39. The van der Waals surface area contributed by atoms with Gasteiger partial charge >= 0.3 is 0 Å². The molecule has 3 aromatic rings. The molecular formula is C21H19ClFN5O2. The lowest BCUT2D eigenvalue weighted by molar-refractivity contribution is 0.0957. The second-order valence-corrected chi connectivity index (χ2v) is 7.46. The van der Waals surface area contributed by atoms with Crippen molar-refractivity contribution in [1.29, 1.82) is 0 Å². The number of nitrogens with zero attached hydrogens (tertiary/aromatic N) is 3. The number of aromatic nitrogens is 3. The number of H-pyrrole nitrogens is 1. The summed E-state index contributed by atoms with van der Waals surface area (Å²) in [4.78, 5) is 36.4. The molecule has 30 heavy (non-hydrogen) atoms. The fourth-order valence-corrected chi connectivity index (χ4v) is 3.62. The standard InChI is InChI=1S/C21H19ClFN5O2/c1-24-21(30)16-3-2-14(19(23)26-16)13-4-6-28(7-5-13)11-12-8-18-17(25-10-12)9-15(22)20(29)27-18/h2-4,8-10H,5-7,11H2,1H3,(H,24,30)(H,27,29). The Hall–Kier alpha value is -3.10. The number of hydrogen-bond donors (Lipinski definition) is 2. The number of carbonyl (C=O) groups excluding carboxylic acids is 1.